The third-order valence-corrected chi connectivity index (χ3v) is 4.44. The van der Waals surface area contributed by atoms with E-state index in [4.69, 9.17) is 11.6 Å². The molecule has 0 N–H and O–H groups in total. The lowest BCUT2D eigenvalue weighted by atomic mass is 10.1. The van der Waals surface area contributed by atoms with E-state index in [1.165, 1.54) is 4.90 Å². The minimum Gasteiger partial charge on any atom is -0.268 e. The van der Waals surface area contributed by atoms with E-state index < -0.39 is 0 Å². The van der Waals surface area contributed by atoms with Gasteiger partial charge in [-0.3, -0.25) is 9.59 Å². The molecule has 106 valence electrons. The van der Waals surface area contributed by atoms with Gasteiger partial charge in [-0.15, -0.1) is 11.8 Å². The summed E-state index contributed by atoms with van der Waals surface area (Å²) in [5.74, 6) is 0.254. The minimum absolute atomic E-state index is 0.296. The topological polar surface area (TPSA) is 37.4 Å². The van der Waals surface area contributed by atoms with Crippen molar-refractivity contribution < 1.29 is 9.59 Å². The monoisotopic (exact) mass is 317 g/mol. The van der Waals surface area contributed by atoms with Crippen molar-refractivity contribution in [1.82, 2.24) is 0 Å². The lowest BCUT2D eigenvalue weighted by Gasteiger charge is -2.18. The Kier molecular flexibility index (Phi) is 3.74. The van der Waals surface area contributed by atoms with Crippen molar-refractivity contribution in [3.63, 3.8) is 0 Å². The molecule has 1 aliphatic heterocycles. The predicted octanol–water partition coefficient (Wildman–Crippen LogP) is 4.25. The first kappa shape index (κ1) is 14.2. The molecule has 0 aliphatic carbocycles. The van der Waals surface area contributed by atoms with Crippen molar-refractivity contribution in [2.24, 2.45) is 0 Å². The second kappa shape index (κ2) is 5.54. The van der Waals surface area contributed by atoms with E-state index >= 15 is 0 Å². The lowest BCUT2D eigenvalue weighted by molar-refractivity contribution is 0.0925. The SMILES string of the molecule is CCSc1ccc(Cl)cc1N1C(=O)c2ccccc2C1=O. The Labute approximate surface area is 131 Å². The number of carbonyl (C=O) groups excluding carboxylic acids is 2. The van der Waals surface area contributed by atoms with Crippen LogP contribution in [0.3, 0.4) is 0 Å². The molecule has 0 bridgehead atoms. The van der Waals surface area contributed by atoms with E-state index in [-0.39, 0.29) is 11.8 Å². The molecule has 0 unspecified atom stereocenters. The highest BCUT2D eigenvalue weighted by atomic mass is 35.5. The number of benzene rings is 2. The molecule has 0 fully saturated rings. The number of anilines is 1. The van der Waals surface area contributed by atoms with E-state index in [0.717, 1.165) is 10.6 Å². The van der Waals surface area contributed by atoms with Gasteiger partial charge in [0.25, 0.3) is 11.8 Å². The van der Waals surface area contributed by atoms with Gasteiger partial charge in [-0.05, 0) is 36.1 Å². The van der Waals surface area contributed by atoms with Crippen LogP contribution in [-0.2, 0) is 0 Å². The van der Waals surface area contributed by atoms with Crippen LogP contribution in [0.5, 0.6) is 0 Å². The number of fused-ring (bicyclic) bond motifs is 1. The largest absolute Gasteiger partial charge is 0.268 e. The van der Waals surface area contributed by atoms with Gasteiger partial charge in [-0.1, -0.05) is 30.7 Å². The number of hydrogen-bond donors (Lipinski definition) is 0. The molecule has 2 amide bonds. The molecule has 3 nitrogen and oxygen atoms in total. The third kappa shape index (κ3) is 2.34. The van der Waals surface area contributed by atoms with E-state index in [9.17, 15) is 9.59 Å². The maximum Gasteiger partial charge on any atom is 0.266 e. The fraction of sp³-hybridized carbons (Fsp3) is 0.125. The van der Waals surface area contributed by atoms with Crippen LogP contribution < -0.4 is 4.90 Å². The molecule has 0 saturated heterocycles. The number of imide groups is 1. The summed E-state index contributed by atoms with van der Waals surface area (Å²) in [5, 5.41) is 0.502. The molecule has 0 aromatic heterocycles. The number of carbonyl (C=O) groups is 2. The Bertz CT molecular complexity index is 710. The molecule has 0 atom stereocenters. The Morgan fingerprint density at radius 3 is 2.24 bits per heavy atom. The highest BCUT2D eigenvalue weighted by Crippen LogP contribution is 2.37. The number of rotatable bonds is 3. The van der Waals surface area contributed by atoms with Crippen LogP contribution in [0, 0.1) is 0 Å². The molecule has 0 spiro atoms. The quantitative estimate of drug-likeness (QED) is 0.627. The first-order valence-electron chi connectivity index (χ1n) is 6.53. The summed E-state index contributed by atoms with van der Waals surface area (Å²) in [4.78, 5) is 27.1. The van der Waals surface area contributed by atoms with Crippen LogP contribution in [0.4, 0.5) is 5.69 Å². The average Bonchev–Trinajstić information content (AvgIpc) is 2.74. The van der Waals surface area contributed by atoms with Gasteiger partial charge in [-0.2, -0.15) is 0 Å². The Morgan fingerprint density at radius 2 is 1.67 bits per heavy atom. The zero-order valence-corrected chi connectivity index (χ0v) is 12.9. The summed E-state index contributed by atoms with van der Waals surface area (Å²) < 4.78 is 0. The number of thioether (sulfide) groups is 1. The first-order chi connectivity index (χ1) is 10.1. The molecule has 2 aromatic carbocycles. The normalized spacial score (nSPS) is 13.7. The van der Waals surface area contributed by atoms with Crippen LogP contribution in [0.1, 0.15) is 27.6 Å². The van der Waals surface area contributed by atoms with Gasteiger partial charge in [0.2, 0.25) is 0 Å². The summed E-state index contributed by atoms with van der Waals surface area (Å²) >= 11 is 7.62. The number of amides is 2. The third-order valence-electron chi connectivity index (χ3n) is 3.26. The molecule has 0 radical (unpaired) electrons. The van der Waals surface area contributed by atoms with Crippen molar-refractivity contribution in [3.05, 3.63) is 58.6 Å². The van der Waals surface area contributed by atoms with Crippen LogP contribution in [-0.4, -0.2) is 17.6 Å². The predicted molar refractivity (Wildman–Crippen MR) is 85.4 cm³/mol. The second-order valence-electron chi connectivity index (χ2n) is 4.54. The van der Waals surface area contributed by atoms with Gasteiger partial charge in [0.1, 0.15) is 0 Å². The highest BCUT2D eigenvalue weighted by Gasteiger charge is 2.37. The Balaban J connectivity index is 2.13. The van der Waals surface area contributed by atoms with Crippen molar-refractivity contribution >= 4 is 40.9 Å². The maximum absolute atomic E-state index is 12.5. The second-order valence-corrected chi connectivity index (χ2v) is 6.28. The number of halogens is 1. The molecular weight excluding hydrogens is 306 g/mol. The van der Waals surface area contributed by atoms with E-state index in [2.05, 4.69) is 0 Å². The Hall–Kier alpha value is -1.78. The molecule has 5 heteroatoms. The highest BCUT2D eigenvalue weighted by molar-refractivity contribution is 7.99. The zero-order valence-electron chi connectivity index (χ0n) is 11.3. The average molecular weight is 318 g/mol. The summed E-state index contributed by atoms with van der Waals surface area (Å²) in [6.45, 7) is 2.02. The zero-order chi connectivity index (χ0) is 15.0. The van der Waals surface area contributed by atoms with Gasteiger partial charge in [0, 0.05) is 9.92 Å². The number of hydrogen-bond acceptors (Lipinski definition) is 3. The fourth-order valence-corrected chi connectivity index (χ4v) is 3.29. The molecule has 3 rings (SSSR count). The van der Waals surface area contributed by atoms with Crippen molar-refractivity contribution in [3.8, 4) is 0 Å². The fourth-order valence-electron chi connectivity index (χ4n) is 2.35. The Morgan fingerprint density at radius 1 is 1.05 bits per heavy atom. The molecular formula is C16H12ClNO2S. The molecule has 1 aliphatic rings. The van der Waals surface area contributed by atoms with Gasteiger partial charge in [0.15, 0.2) is 0 Å². The van der Waals surface area contributed by atoms with Crippen LogP contribution in [0.15, 0.2) is 47.4 Å². The smallest absolute Gasteiger partial charge is 0.266 e. The van der Waals surface area contributed by atoms with Crippen LogP contribution in [0.25, 0.3) is 0 Å². The molecule has 0 saturated carbocycles. The van der Waals surface area contributed by atoms with Crippen molar-refractivity contribution in [1.29, 1.82) is 0 Å². The van der Waals surface area contributed by atoms with Gasteiger partial charge >= 0.3 is 0 Å². The summed E-state index contributed by atoms with van der Waals surface area (Å²) in [5.41, 5.74) is 1.44. The summed E-state index contributed by atoms with van der Waals surface area (Å²) in [7, 11) is 0. The molecule has 1 heterocycles. The molecule has 2 aromatic rings. The van der Waals surface area contributed by atoms with E-state index in [1.807, 2.05) is 13.0 Å². The van der Waals surface area contributed by atoms with Gasteiger partial charge in [-0.25, -0.2) is 4.90 Å². The number of nitrogens with zero attached hydrogens (tertiary/aromatic N) is 1. The first-order valence-corrected chi connectivity index (χ1v) is 7.90. The van der Waals surface area contributed by atoms with E-state index in [0.29, 0.717) is 21.8 Å². The maximum atomic E-state index is 12.5. The van der Waals surface area contributed by atoms with Crippen molar-refractivity contribution in [2.45, 2.75) is 11.8 Å². The standard InChI is InChI=1S/C16H12ClNO2S/c1-2-21-14-8-7-10(17)9-13(14)18-15(19)11-5-3-4-6-12(11)16(18)20/h3-9H,2H2,1H3. The van der Waals surface area contributed by atoms with E-state index in [1.54, 1.807) is 48.2 Å². The molecule has 21 heavy (non-hydrogen) atoms. The van der Waals surface area contributed by atoms with Crippen LogP contribution in [0.2, 0.25) is 5.02 Å². The van der Waals surface area contributed by atoms with Crippen LogP contribution >= 0.6 is 23.4 Å². The van der Waals surface area contributed by atoms with Crippen molar-refractivity contribution in [2.75, 3.05) is 10.7 Å². The summed E-state index contributed by atoms with van der Waals surface area (Å²) in [6.07, 6.45) is 0. The van der Waals surface area contributed by atoms with Gasteiger partial charge in [0.05, 0.1) is 16.8 Å². The summed E-state index contributed by atoms with van der Waals surface area (Å²) in [6, 6.07) is 12.1. The minimum atomic E-state index is -0.296. The van der Waals surface area contributed by atoms with Gasteiger partial charge < -0.3 is 0 Å². The lowest BCUT2D eigenvalue weighted by Crippen LogP contribution is -2.29.